The molecule has 0 aromatic heterocycles. The van der Waals surface area contributed by atoms with Crippen LogP contribution in [-0.4, -0.2) is 52.1 Å². The van der Waals surface area contributed by atoms with Crippen molar-refractivity contribution >= 4 is 30.1 Å². The maximum absolute atomic E-state index is 11.6. The molecule has 0 unspecified atom stereocenters. The molecule has 0 aliphatic heterocycles. The lowest BCUT2D eigenvalue weighted by Crippen LogP contribution is -2.33. The lowest BCUT2D eigenvalue weighted by molar-refractivity contribution is -0.118. The molecule has 0 aliphatic rings. The average molecular weight is 335 g/mol. The van der Waals surface area contributed by atoms with E-state index >= 15 is 0 Å². The van der Waals surface area contributed by atoms with E-state index in [1.807, 2.05) is 24.3 Å². The third kappa shape index (κ3) is 9.57. The van der Waals surface area contributed by atoms with Crippen molar-refractivity contribution in [3.8, 4) is 5.75 Å². The molecule has 21 heavy (non-hydrogen) atoms. The number of nitrogens with one attached hydrogen (secondary N) is 2. The Hall–Kier alpha value is -0.950. The molecular weight excluding hydrogens is 312 g/mol. The second-order valence-corrected chi connectivity index (χ2v) is 5.11. The highest BCUT2D eigenvalue weighted by Crippen LogP contribution is 2.20. The van der Waals surface area contributed by atoms with Gasteiger partial charge >= 0.3 is 0 Å². The van der Waals surface area contributed by atoms with E-state index in [4.69, 9.17) is 9.47 Å². The standard InChI is InChI=1S/C14H22N2O3S.ClH/c1-18-10-9-15-7-8-16-14(17)11-20-13-5-3-12(19-2)4-6-13;/h3-6,15H,7-11H2,1-2H3,(H,16,17);1H. The minimum absolute atomic E-state index is 0. The number of thioether (sulfide) groups is 1. The van der Waals surface area contributed by atoms with Crippen molar-refractivity contribution in [3.05, 3.63) is 24.3 Å². The molecule has 120 valence electrons. The van der Waals surface area contributed by atoms with Crippen LogP contribution in [0.15, 0.2) is 29.2 Å². The van der Waals surface area contributed by atoms with Gasteiger partial charge in [-0.05, 0) is 24.3 Å². The molecule has 7 heteroatoms. The zero-order valence-electron chi connectivity index (χ0n) is 12.4. The molecule has 0 atom stereocenters. The Bertz CT molecular complexity index is 390. The fourth-order valence-corrected chi connectivity index (χ4v) is 2.19. The molecule has 2 N–H and O–H groups in total. The summed E-state index contributed by atoms with van der Waals surface area (Å²) in [6, 6.07) is 7.67. The van der Waals surface area contributed by atoms with Crippen LogP contribution in [0.5, 0.6) is 5.75 Å². The van der Waals surface area contributed by atoms with E-state index in [1.165, 1.54) is 11.8 Å². The summed E-state index contributed by atoms with van der Waals surface area (Å²) in [7, 11) is 3.30. The molecule has 1 rings (SSSR count). The summed E-state index contributed by atoms with van der Waals surface area (Å²) >= 11 is 1.51. The highest BCUT2D eigenvalue weighted by Gasteiger charge is 2.02. The van der Waals surface area contributed by atoms with Crippen LogP contribution >= 0.6 is 24.2 Å². The Morgan fingerprint density at radius 2 is 1.86 bits per heavy atom. The van der Waals surface area contributed by atoms with Crippen molar-refractivity contribution in [2.75, 3.05) is 46.2 Å². The number of ether oxygens (including phenoxy) is 2. The third-order valence-corrected chi connectivity index (χ3v) is 3.55. The second kappa shape index (κ2) is 12.8. The quantitative estimate of drug-likeness (QED) is 0.502. The van der Waals surface area contributed by atoms with E-state index in [1.54, 1.807) is 14.2 Å². The first kappa shape index (κ1) is 20.1. The van der Waals surface area contributed by atoms with Crippen molar-refractivity contribution in [1.82, 2.24) is 10.6 Å². The molecular formula is C14H23ClN2O3S. The minimum atomic E-state index is 0. The van der Waals surface area contributed by atoms with Gasteiger partial charge in [0.2, 0.25) is 5.91 Å². The van der Waals surface area contributed by atoms with E-state index in [0.29, 0.717) is 18.9 Å². The summed E-state index contributed by atoms with van der Waals surface area (Å²) < 4.78 is 10.00. The summed E-state index contributed by atoms with van der Waals surface area (Å²) in [6.07, 6.45) is 0. The Labute approximate surface area is 136 Å². The molecule has 0 spiro atoms. The van der Waals surface area contributed by atoms with Gasteiger partial charge in [0, 0.05) is 31.6 Å². The van der Waals surface area contributed by atoms with Gasteiger partial charge in [-0.3, -0.25) is 4.79 Å². The first-order chi connectivity index (χ1) is 9.76. The number of amides is 1. The van der Waals surface area contributed by atoms with Gasteiger partial charge < -0.3 is 20.1 Å². The summed E-state index contributed by atoms with van der Waals surface area (Å²) in [5.41, 5.74) is 0. The number of carbonyl (C=O) groups is 1. The Kier molecular flexibility index (Phi) is 12.2. The smallest absolute Gasteiger partial charge is 0.230 e. The third-order valence-electron chi connectivity index (χ3n) is 2.54. The number of hydrogen-bond donors (Lipinski definition) is 2. The van der Waals surface area contributed by atoms with Crippen molar-refractivity contribution in [1.29, 1.82) is 0 Å². The van der Waals surface area contributed by atoms with Crippen LogP contribution in [0.25, 0.3) is 0 Å². The van der Waals surface area contributed by atoms with Crippen molar-refractivity contribution in [2.24, 2.45) is 0 Å². The van der Waals surface area contributed by atoms with E-state index in [0.717, 1.165) is 23.7 Å². The highest BCUT2D eigenvalue weighted by molar-refractivity contribution is 8.00. The Morgan fingerprint density at radius 3 is 2.48 bits per heavy atom. The van der Waals surface area contributed by atoms with Crippen LogP contribution in [0.1, 0.15) is 0 Å². The van der Waals surface area contributed by atoms with Crippen LogP contribution in [0.4, 0.5) is 0 Å². The predicted octanol–water partition coefficient (Wildman–Crippen LogP) is 1.56. The largest absolute Gasteiger partial charge is 0.497 e. The van der Waals surface area contributed by atoms with Gasteiger partial charge in [0.05, 0.1) is 19.5 Å². The summed E-state index contributed by atoms with van der Waals surface area (Å²) in [4.78, 5) is 12.7. The number of methoxy groups -OCH3 is 2. The number of hydrogen-bond acceptors (Lipinski definition) is 5. The van der Waals surface area contributed by atoms with Crippen LogP contribution in [0, 0.1) is 0 Å². The fourth-order valence-electron chi connectivity index (χ4n) is 1.46. The van der Waals surface area contributed by atoms with Gasteiger partial charge in [-0.25, -0.2) is 0 Å². The van der Waals surface area contributed by atoms with Gasteiger partial charge in [0.25, 0.3) is 0 Å². The fraction of sp³-hybridized carbons (Fsp3) is 0.500. The van der Waals surface area contributed by atoms with Gasteiger partial charge in [0.15, 0.2) is 0 Å². The average Bonchev–Trinajstić information content (AvgIpc) is 2.49. The Morgan fingerprint density at radius 1 is 1.14 bits per heavy atom. The number of benzene rings is 1. The molecule has 1 aromatic carbocycles. The second-order valence-electron chi connectivity index (χ2n) is 4.06. The van der Waals surface area contributed by atoms with Gasteiger partial charge in [-0.2, -0.15) is 0 Å². The number of rotatable bonds is 10. The molecule has 0 fully saturated rings. The summed E-state index contributed by atoms with van der Waals surface area (Å²) in [6.45, 7) is 2.86. The van der Waals surface area contributed by atoms with Crippen molar-refractivity contribution in [3.63, 3.8) is 0 Å². The van der Waals surface area contributed by atoms with Crippen molar-refractivity contribution < 1.29 is 14.3 Å². The summed E-state index contributed by atoms with van der Waals surface area (Å²) in [5, 5.41) is 6.03. The molecule has 0 radical (unpaired) electrons. The number of carbonyl (C=O) groups excluding carboxylic acids is 1. The maximum Gasteiger partial charge on any atom is 0.230 e. The summed E-state index contributed by atoms with van der Waals surface area (Å²) in [5.74, 6) is 1.28. The topological polar surface area (TPSA) is 59.6 Å². The van der Waals surface area contributed by atoms with Crippen LogP contribution in [-0.2, 0) is 9.53 Å². The SMILES string of the molecule is COCCNCCNC(=O)CSc1ccc(OC)cc1.Cl. The van der Waals surface area contributed by atoms with Gasteiger partial charge in [-0.15, -0.1) is 24.2 Å². The molecule has 0 aliphatic carbocycles. The molecule has 1 aromatic rings. The molecule has 0 bridgehead atoms. The molecule has 0 saturated heterocycles. The molecule has 0 heterocycles. The van der Waals surface area contributed by atoms with Gasteiger partial charge in [-0.1, -0.05) is 0 Å². The first-order valence-electron chi connectivity index (χ1n) is 6.49. The minimum Gasteiger partial charge on any atom is -0.497 e. The van der Waals surface area contributed by atoms with Crippen LogP contribution in [0.2, 0.25) is 0 Å². The van der Waals surface area contributed by atoms with Gasteiger partial charge in [0.1, 0.15) is 5.75 Å². The molecule has 1 amide bonds. The van der Waals surface area contributed by atoms with Crippen molar-refractivity contribution in [2.45, 2.75) is 4.90 Å². The van der Waals surface area contributed by atoms with Crippen LogP contribution < -0.4 is 15.4 Å². The number of halogens is 1. The lowest BCUT2D eigenvalue weighted by Gasteiger charge is -2.07. The predicted molar refractivity (Wildman–Crippen MR) is 88.7 cm³/mol. The lowest BCUT2D eigenvalue weighted by atomic mass is 10.3. The Balaban J connectivity index is 0.00000400. The monoisotopic (exact) mass is 334 g/mol. The highest BCUT2D eigenvalue weighted by atomic mass is 35.5. The zero-order valence-corrected chi connectivity index (χ0v) is 14.0. The van der Waals surface area contributed by atoms with E-state index in [-0.39, 0.29) is 18.3 Å². The van der Waals surface area contributed by atoms with E-state index < -0.39 is 0 Å². The van der Waals surface area contributed by atoms with E-state index in [9.17, 15) is 4.79 Å². The zero-order chi connectivity index (χ0) is 14.6. The van der Waals surface area contributed by atoms with Crippen LogP contribution in [0.3, 0.4) is 0 Å². The maximum atomic E-state index is 11.6. The molecule has 0 saturated carbocycles. The normalized spacial score (nSPS) is 9.81. The van der Waals surface area contributed by atoms with E-state index in [2.05, 4.69) is 10.6 Å². The first-order valence-corrected chi connectivity index (χ1v) is 7.48. The molecule has 5 nitrogen and oxygen atoms in total.